The van der Waals surface area contributed by atoms with Crippen LogP contribution in [0.1, 0.15) is 32.0 Å². The van der Waals surface area contributed by atoms with Gasteiger partial charge in [-0.2, -0.15) is 18.3 Å². The molecule has 0 radical (unpaired) electrons. The van der Waals surface area contributed by atoms with Gasteiger partial charge in [-0.1, -0.05) is 29.8 Å². The number of nitrogens with one attached hydrogen (secondary N) is 1. The molecule has 0 saturated carbocycles. The normalized spacial score (nSPS) is 14.6. The van der Waals surface area contributed by atoms with Gasteiger partial charge < -0.3 is 14.8 Å². The van der Waals surface area contributed by atoms with Crippen LogP contribution in [0.5, 0.6) is 0 Å². The molecule has 0 spiro atoms. The van der Waals surface area contributed by atoms with E-state index < -0.39 is 51.9 Å². The third-order valence-corrected chi connectivity index (χ3v) is 7.79. The van der Waals surface area contributed by atoms with E-state index in [0.29, 0.717) is 5.56 Å². The molecule has 13 nitrogen and oxygen atoms in total. The molecule has 17 heteroatoms. The quantitative estimate of drug-likeness (QED) is 0.0915. The summed E-state index contributed by atoms with van der Waals surface area (Å²) in [5, 5.41) is 19.9. The number of sulfonamides is 1. The summed E-state index contributed by atoms with van der Waals surface area (Å²) in [5.74, 6) is -2.30. The second-order valence-electron chi connectivity index (χ2n) is 11.0. The molecule has 0 atom stereocenters. The van der Waals surface area contributed by atoms with Crippen molar-refractivity contribution in [2.75, 3.05) is 19.9 Å². The predicted molar refractivity (Wildman–Crippen MR) is 147 cm³/mol. The number of benzene rings is 2. The number of carbonyl (C=O) groups excluding carboxylic acids is 2. The lowest BCUT2D eigenvalue weighted by atomic mass is 9.98. The molecule has 1 aliphatic rings. The molecule has 1 amide bonds. The highest BCUT2D eigenvalue weighted by molar-refractivity contribution is 7.90. The van der Waals surface area contributed by atoms with Crippen LogP contribution in [-0.2, 0) is 35.4 Å². The van der Waals surface area contributed by atoms with E-state index in [1.807, 2.05) is 11.6 Å². The highest BCUT2D eigenvalue weighted by atomic mass is 32.2. The van der Waals surface area contributed by atoms with Crippen LogP contribution in [0, 0.1) is 23.5 Å². The molecule has 1 saturated heterocycles. The number of aryl methyl sites for hydroxylation is 1. The number of rotatable bonds is 9. The van der Waals surface area contributed by atoms with Gasteiger partial charge in [0.2, 0.25) is 11.2 Å². The van der Waals surface area contributed by atoms with E-state index >= 15 is 0 Å². The molecule has 2 aromatic carbocycles. The molecule has 0 aliphatic carbocycles. The second kappa shape index (κ2) is 12.1. The summed E-state index contributed by atoms with van der Waals surface area (Å²) in [7, 11) is -4.36. The van der Waals surface area contributed by atoms with Crippen molar-refractivity contribution in [1.29, 1.82) is 0 Å². The first-order chi connectivity index (χ1) is 20.5. The maximum atomic E-state index is 13.5. The standard InChI is InChI=1S/C27H29F3N6O7S/c1-17-5-7-18(8-6-17)22-13-23(27(28,29)30)31-35(22)20-9-11-21(12-10-20)44(40,41)32-24(37)19-14-34(15-19)36(39)33-43-16-42-25(38)26(2,3)4/h5-13,19H,14-16H2,1-4H3,(H,32,37)/b36-33-. The van der Waals surface area contributed by atoms with Crippen molar-refractivity contribution in [3.8, 4) is 16.9 Å². The molecule has 1 aliphatic heterocycles. The van der Waals surface area contributed by atoms with Crippen molar-refractivity contribution in [3.05, 3.63) is 71.1 Å². The van der Waals surface area contributed by atoms with Crippen LogP contribution in [0.4, 0.5) is 13.2 Å². The molecular formula is C27H29F3N6O7S. The fourth-order valence-electron chi connectivity index (χ4n) is 3.87. The molecule has 0 unspecified atom stereocenters. The number of ether oxygens (including phenoxy) is 1. The molecule has 1 aromatic heterocycles. The molecule has 0 bridgehead atoms. The van der Waals surface area contributed by atoms with Crippen LogP contribution in [0.15, 0.2) is 64.8 Å². The number of nitrogens with zero attached hydrogens (tertiary/aromatic N) is 5. The SMILES string of the molecule is Cc1ccc(-c2cc(C(F)(F)F)nn2-c2ccc(S(=O)(=O)NC(=O)C3CN(/[N+]([O-])=N/OCOC(=O)C(C)(C)C)C3)cc2)cc1. The van der Waals surface area contributed by atoms with Crippen LogP contribution in [0.3, 0.4) is 0 Å². The summed E-state index contributed by atoms with van der Waals surface area (Å²) < 4.78 is 73.9. The Labute approximate surface area is 250 Å². The number of alkyl halides is 3. The van der Waals surface area contributed by atoms with E-state index in [9.17, 15) is 36.4 Å². The van der Waals surface area contributed by atoms with Crippen LogP contribution < -0.4 is 4.72 Å². The molecule has 1 fully saturated rings. The summed E-state index contributed by atoms with van der Waals surface area (Å²) in [4.78, 5) is 28.6. The van der Waals surface area contributed by atoms with Crippen LogP contribution in [-0.4, -0.2) is 59.9 Å². The van der Waals surface area contributed by atoms with Gasteiger partial charge in [0, 0.05) is 5.56 Å². The van der Waals surface area contributed by atoms with E-state index in [0.717, 1.165) is 33.5 Å². The van der Waals surface area contributed by atoms with Gasteiger partial charge in [0.05, 0.1) is 45.7 Å². The van der Waals surface area contributed by atoms with Crippen molar-refractivity contribution >= 4 is 21.9 Å². The van der Waals surface area contributed by atoms with E-state index in [1.165, 1.54) is 12.1 Å². The number of halogens is 3. The largest absolute Gasteiger partial charge is 0.569 e. The van der Waals surface area contributed by atoms with Crippen LogP contribution >= 0.6 is 0 Å². The molecule has 236 valence electrons. The van der Waals surface area contributed by atoms with Gasteiger partial charge in [0.25, 0.3) is 16.8 Å². The first kappa shape index (κ1) is 32.2. The number of carbonyl (C=O) groups is 2. The minimum atomic E-state index is -4.71. The second-order valence-corrected chi connectivity index (χ2v) is 12.7. The van der Waals surface area contributed by atoms with Gasteiger partial charge in [-0.05, 0) is 58.0 Å². The Balaban J connectivity index is 1.39. The third kappa shape index (κ3) is 7.45. The van der Waals surface area contributed by atoms with Crippen molar-refractivity contribution in [1.82, 2.24) is 19.5 Å². The highest BCUT2D eigenvalue weighted by Crippen LogP contribution is 2.33. The summed E-state index contributed by atoms with van der Waals surface area (Å²) in [6.45, 7) is 5.80. The van der Waals surface area contributed by atoms with Crippen molar-refractivity contribution in [2.24, 2.45) is 16.6 Å². The Hall–Kier alpha value is -4.67. The van der Waals surface area contributed by atoms with E-state index in [4.69, 9.17) is 4.74 Å². The Bertz CT molecular complexity index is 1660. The molecule has 2 heterocycles. The lowest BCUT2D eigenvalue weighted by molar-refractivity contribution is -0.726. The first-order valence-electron chi connectivity index (χ1n) is 13.1. The van der Waals surface area contributed by atoms with Crippen LogP contribution in [0.2, 0.25) is 0 Å². The summed E-state index contributed by atoms with van der Waals surface area (Å²) >= 11 is 0. The average molecular weight is 639 g/mol. The Morgan fingerprint density at radius 2 is 1.70 bits per heavy atom. The lowest BCUT2D eigenvalue weighted by Crippen LogP contribution is -2.56. The average Bonchev–Trinajstić information content (AvgIpc) is 3.36. The van der Waals surface area contributed by atoms with Gasteiger partial charge in [-0.15, -0.1) is 5.01 Å². The van der Waals surface area contributed by atoms with Gasteiger partial charge >= 0.3 is 12.1 Å². The van der Waals surface area contributed by atoms with Crippen molar-refractivity contribution in [2.45, 2.75) is 38.8 Å². The molecule has 1 N–H and O–H groups in total. The van der Waals surface area contributed by atoms with Gasteiger partial charge in [-0.25, -0.2) is 17.8 Å². The Morgan fingerprint density at radius 1 is 1.09 bits per heavy atom. The third-order valence-electron chi connectivity index (χ3n) is 6.43. The van der Waals surface area contributed by atoms with Crippen molar-refractivity contribution in [3.63, 3.8) is 0 Å². The fourth-order valence-corrected chi connectivity index (χ4v) is 4.91. The van der Waals surface area contributed by atoms with Crippen LogP contribution in [0.25, 0.3) is 16.9 Å². The Kier molecular flexibility index (Phi) is 8.90. The lowest BCUT2D eigenvalue weighted by Gasteiger charge is -2.32. The zero-order valence-corrected chi connectivity index (χ0v) is 24.8. The first-order valence-corrected chi connectivity index (χ1v) is 14.6. The van der Waals surface area contributed by atoms with Gasteiger partial charge in [-0.3, -0.25) is 9.59 Å². The molecule has 3 aromatic rings. The van der Waals surface area contributed by atoms with Gasteiger partial charge in [0.15, 0.2) is 5.69 Å². The summed E-state index contributed by atoms with van der Waals surface area (Å²) in [5.41, 5.74) is -0.208. The van der Waals surface area contributed by atoms with Gasteiger partial charge in [0.1, 0.15) is 0 Å². The van der Waals surface area contributed by atoms with Crippen molar-refractivity contribution < 1.29 is 45.7 Å². The zero-order chi connectivity index (χ0) is 32.4. The number of esters is 1. The predicted octanol–water partition coefficient (Wildman–Crippen LogP) is 3.96. The summed E-state index contributed by atoms with van der Waals surface area (Å²) in [6, 6.07) is 12.5. The van der Waals surface area contributed by atoms with E-state index in [2.05, 4.69) is 15.2 Å². The number of amides is 1. The number of hydrogen-bond donors (Lipinski definition) is 1. The maximum absolute atomic E-state index is 13.5. The smallest absolute Gasteiger partial charge is 0.435 e. The minimum absolute atomic E-state index is 0.0479. The number of hydrogen-bond acceptors (Lipinski definition) is 9. The number of aromatic nitrogens is 2. The molecule has 44 heavy (non-hydrogen) atoms. The maximum Gasteiger partial charge on any atom is 0.435 e. The monoisotopic (exact) mass is 638 g/mol. The Morgan fingerprint density at radius 3 is 2.27 bits per heavy atom. The topological polar surface area (TPSA) is 158 Å². The fraction of sp³-hybridized carbons (Fsp3) is 0.370. The summed E-state index contributed by atoms with van der Waals surface area (Å²) in [6.07, 6.45) is -4.71. The van der Waals surface area contributed by atoms with E-state index in [-0.39, 0.29) is 34.3 Å². The minimum Gasteiger partial charge on any atom is -0.569 e. The highest BCUT2D eigenvalue weighted by Gasteiger charge is 2.40. The number of hydrazine groups is 1. The van der Waals surface area contributed by atoms with E-state index in [1.54, 1.807) is 45.0 Å². The zero-order valence-electron chi connectivity index (χ0n) is 24.0. The molecular weight excluding hydrogens is 609 g/mol. The molecule has 4 rings (SSSR count).